The zero-order chi connectivity index (χ0) is 34.6. The Bertz CT molecular complexity index is 1230. The fraction of sp³-hybridized carbons (Fsp3) is 0.861. The van der Waals surface area contributed by atoms with Crippen LogP contribution in [0.1, 0.15) is 90.9 Å². The maximum absolute atomic E-state index is 12.1. The van der Waals surface area contributed by atoms with Crippen LogP contribution < -0.4 is 16.0 Å². The van der Waals surface area contributed by atoms with Gasteiger partial charge in [-0.3, -0.25) is 19.3 Å². The minimum Gasteiger partial charge on any atom is -0.450 e. The molecule has 8 aliphatic heterocycles. The molecule has 2 spiro atoms. The first-order valence-corrected chi connectivity index (χ1v) is 19.0. The topological polar surface area (TPSA) is 150 Å². The van der Waals surface area contributed by atoms with E-state index in [-0.39, 0.29) is 41.4 Å². The second-order valence-electron chi connectivity index (χ2n) is 15.8. The normalized spacial score (nSPS) is 32.5. The van der Waals surface area contributed by atoms with Gasteiger partial charge in [0.25, 0.3) is 0 Å². The molecule has 49 heavy (non-hydrogen) atoms. The Morgan fingerprint density at radius 3 is 1.80 bits per heavy atom. The largest absolute Gasteiger partial charge is 0.450 e. The summed E-state index contributed by atoms with van der Waals surface area (Å²) < 4.78 is 10.2. The highest BCUT2D eigenvalue weighted by Gasteiger charge is 2.48. The van der Waals surface area contributed by atoms with Crippen LogP contribution in [0, 0.1) is 22.7 Å². The van der Waals surface area contributed by atoms with Gasteiger partial charge in [-0.2, -0.15) is 0 Å². The van der Waals surface area contributed by atoms with Crippen LogP contribution in [0.3, 0.4) is 0 Å². The lowest BCUT2D eigenvalue weighted by Gasteiger charge is -2.53. The van der Waals surface area contributed by atoms with Crippen molar-refractivity contribution in [1.29, 1.82) is 0 Å². The molecule has 10 aliphatic rings. The number of carbonyl (C=O) groups excluding carboxylic acids is 5. The van der Waals surface area contributed by atoms with E-state index in [9.17, 15) is 24.0 Å². The Morgan fingerprint density at radius 2 is 1.33 bits per heavy atom. The molecule has 0 aromatic rings. The van der Waals surface area contributed by atoms with E-state index < -0.39 is 0 Å². The van der Waals surface area contributed by atoms with Crippen molar-refractivity contribution in [3.63, 3.8) is 0 Å². The fourth-order valence-corrected chi connectivity index (χ4v) is 9.79. The summed E-state index contributed by atoms with van der Waals surface area (Å²) in [5.41, 5.74) is 0.542. The number of amides is 4. The van der Waals surface area contributed by atoms with Crippen LogP contribution in [0.15, 0.2) is 0 Å². The number of nitrogens with one attached hydrogen (secondary N) is 3. The molecule has 5 atom stereocenters. The van der Waals surface area contributed by atoms with E-state index in [0.717, 1.165) is 104 Å². The van der Waals surface area contributed by atoms with Gasteiger partial charge in [0, 0.05) is 69.5 Å². The molecule has 4 bridgehead atoms. The van der Waals surface area contributed by atoms with Gasteiger partial charge < -0.3 is 35.2 Å². The molecule has 5 unspecified atom stereocenters. The maximum atomic E-state index is 12.1. The summed E-state index contributed by atoms with van der Waals surface area (Å²) in [7, 11) is 0. The van der Waals surface area contributed by atoms with E-state index in [1.165, 1.54) is 6.42 Å². The number of carbonyl (C=O) groups is 5. The van der Waals surface area contributed by atoms with E-state index in [1.54, 1.807) is 11.8 Å². The number of likely N-dealkylation sites (tertiary alicyclic amines) is 1. The number of nitrogens with zero attached hydrogens (tertiary/aromatic N) is 3. The van der Waals surface area contributed by atoms with Crippen molar-refractivity contribution < 1.29 is 33.4 Å². The first kappa shape index (κ1) is 35.9. The van der Waals surface area contributed by atoms with Gasteiger partial charge in [0.15, 0.2) is 0 Å². The molecule has 13 heteroatoms. The van der Waals surface area contributed by atoms with Crippen molar-refractivity contribution in [1.82, 2.24) is 30.7 Å². The van der Waals surface area contributed by atoms with E-state index in [2.05, 4.69) is 20.9 Å². The molecule has 0 aromatic heterocycles. The highest BCUT2D eigenvalue weighted by atomic mass is 16.6. The van der Waals surface area contributed by atoms with Crippen LogP contribution in [-0.2, 0) is 23.9 Å². The van der Waals surface area contributed by atoms with E-state index in [1.807, 2.05) is 11.8 Å². The van der Waals surface area contributed by atoms with Crippen LogP contribution >= 0.6 is 0 Å². The van der Waals surface area contributed by atoms with Gasteiger partial charge in [0.05, 0.1) is 13.2 Å². The maximum Gasteiger partial charge on any atom is 0.410 e. The number of fused-ring (bicyclic) bond motifs is 6. The second-order valence-corrected chi connectivity index (χ2v) is 15.8. The van der Waals surface area contributed by atoms with Gasteiger partial charge in [-0.25, -0.2) is 9.59 Å². The Hall–Kier alpha value is -2.93. The van der Waals surface area contributed by atoms with Crippen molar-refractivity contribution in [3.05, 3.63) is 0 Å². The molecule has 274 valence electrons. The SMILES string of the molecule is CCOC(=O)N1CC2CCC1CC2=O.CCOC(=O)N1CC2CCC1CC2N1CCC2(CC1)CNC(=O)C2.O=C1CC2(CCNCC2)CN1. The number of hydrogen-bond acceptors (Lipinski definition) is 9. The molecule has 4 amide bonds. The zero-order valence-electron chi connectivity index (χ0n) is 29.6. The van der Waals surface area contributed by atoms with E-state index >= 15 is 0 Å². The summed E-state index contributed by atoms with van der Waals surface area (Å²) in [4.78, 5) is 63.9. The number of hydrogen-bond donors (Lipinski definition) is 3. The summed E-state index contributed by atoms with van der Waals surface area (Å²) in [5, 5.41) is 9.24. The number of piperidine rings is 6. The lowest BCUT2D eigenvalue weighted by atomic mass is 9.72. The van der Waals surface area contributed by atoms with Crippen LogP contribution in [0.5, 0.6) is 0 Å². The van der Waals surface area contributed by atoms with Gasteiger partial charge >= 0.3 is 12.2 Å². The predicted molar refractivity (Wildman–Crippen MR) is 182 cm³/mol. The predicted octanol–water partition coefficient (Wildman–Crippen LogP) is 2.67. The summed E-state index contributed by atoms with van der Waals surface area (Å²) in [6.45, 7) is 12.1. The van der Waals surface area contributed by atoms with Crippen LogP contribution in [0.25, 0.3) is 0 Å². The van der Waals surface area contributed by atoms with Crippen molar-refractivity contribution >= 4 is 29.8 Å². The van der Waals surface area contributed by atoms with Gasteiger partial charge in [0.2, 0.25) is 11.8 Å². The summed E-state index contributed by atoms with van der Waals surface area (Å²) in [6, 6.07) is 1.06. The molecule has 8 heterocycles. The van der Waals surface area contributed by atoms with Crippen LogP contribution in [0.2, 0.25) is 0 Å². The molecule has 10 rings (SSSR count). The Morgan fingerprint density at radius 1 is 0.755 bits per heavy atom. The van der Waals surface area contributed by atoms with Gasteiger partial charge in [-0.05, 0) is 115 Å². The average Bonchev–Trinajstić information content (AvgIpc) is 3.66. The average molecular weight is 687 g/mol. The highest BCUT2D eigenvalue weighted by molar-refractivity contribution is 5.85. The fourth-order valence-electron chi connectivity index (χ4n) is 9.79. The molecule has 3 N–H and O–H groups in total. The minimum atomic E-state index is -0.255. The Kier molecular flexibility index (Phi) is 11.4. The quantitative estimate of drug-likeness (QED) is 0.408. The third kappa shape index (κ3) is 8.18. The lowest BCUT2D eigenvalue weighted by Crippen LogP contribution is -2.61. The Balaban J connectivity index is 0.000000141. The molecular weight excluding hydrogens is 628 g/mol. The third-order valence-electron chi connectivity index (χ3n) is 12.8. The zero-order valence-corrected chi connectivity index (χ0v) is 29.6. The van der Waals surface area contributed by atoms with Gasteiger partial charge in [0.1, 0.15) is 5.78 Å². The summed E-state index contributed by atoms with van der Waals surface area (Å²) in [6.07, 6.45) is 11.5. The van der Waals surface area contributed by atoms with Crippen molar-refractivity contribution in [2.45, 2.75) is 109 Å². The third-order valence-corrected chi connectivity index (χ3v) is 12.8. The highest BCUT2D eigenvalue weighted by Crippen LogP contribution is 2.43. The van der Waals surface area contributed by atoms with Crippen LogP contribution in [0.4, 0.5) is 9.59 Å². The molecule has 2 aliphatic carbocycles. The molecule has 2 saturated carbocycles. The van der Waals surface area contributed by atoms with Gasteiger partial charge in [-0.1, -0.05) is 0 Å². The monoisotopic (exact) mass is 686 g/mol. The molecular formula is C36H58N6O7. The molecule has 0 aromatic carbocycles. The first-order valence-electron chi connectivity index (χ1n) is 19.0. The number of ketones is 1. The summed E-state index contributed by atoms with van der Waals surface area (Å²) >= 11 is 0. The molecule has 13 nitrogen and oxygen atoms in total. The number of Topliss-reactive ketones (excluding diaryl/α,β-unsaturated/α-hetero) is 1. The smallest absolute Gasteiger partial charge is 0.410 e. The van der Waals surface area contributed by atoms with Crippen molar-refractivity contribution in [2.24, 2.45) is 22.7 Å². The van der Waals surface area contributed by atoms with Crippen molar-refractivity contribution in [2.75, 3.05) is 65.6 Å². The van der Waals surface area contributed by atoms with E-state index in [0.29, 0.717) is 61.8 Å². The lowest BCUT2D eigenvalue weighted by molar-refractivity contribution is -0.131. The minimum absolute atomic E-state index is 0.0735. The van der Waals surface area contributed by atoms with Crippen molar-refractivity contribution in [3.8, 4) is 0 Å². The molecule has 8 saturated heterocycles. The number of rotatable bonds is 3. The molecule has 0 radical (unpaired) electrons. The first-order chi connectivity index (χ1) is 23.6. The van der Waals surface area contributed by atoms with Gasteiger partial charge in [-0.15, -0.1) is 0 Å². The second kappa shape index (κ2) is 15.5. The van der Waals surface area contributed by atoms with Crippen LogP contribution in [-0.4, -0.2) is 128 Å². The number of ether oxygens (including phenoxy) is 2. The summed E-state index contributed by atoms with van der Waals surface area (Å²) in [5.74, 6) is 1.44. The Labute approximate surface area is 290 Å². The molecule has 10 fully saturated rings. The van der Waals surface area contributed by atoms with E-state index in [4.69, 9.17) is 9.47 Å². The standard InChI is InChI=1S/C18H29N3O3.C10H15NO3.C8H14N2O/c1-2-24-17(23)21-11-13-3-4-14(21)9-15(13)20-7-5-18(6-8-20)10-16(22)19-12-18;1-2-14-10(13)11-6-7-3-4-8(11)5-9(7)12;11-7-5-8(6-10-7)1-3-9-4-2-8/h13-15H,2-12H2,1H3,(H,19,22);7-8H,2-6H2,1H3;9H,1-6H2,(H,10,11).